The topological polar surface area (TPSA) is 38.7 Å². The summed E-state index contributed by atoms with van der Waals surface area (Å²) in [5, 5.41) is 10.8. The van der Waals surface area contributed by atoms with Crippen LogP contribution in [0, 0.1) is 0 Å². The van der Waals surface area contributed by atoms with Crippen molar-refractivity contribution >= 4 is 16.6 Å². The van der Waals surface area contributed by atoms with E-state index in [1.54, 1.807) is 0 Å². The summed E-state index contributed by atoms with van der Waals surface area (Å²) in [7, 11) is -3.76. The van der Waals surface area contributed by atoms with Gasteiger partial charge in [0.15, 0.2) is 16.6 Å². The molecule has 0 aliphatic heterocycles. The third-order valence-electron chi connectivity index (χ3n) is 6.32. The van der Waals surface area contributed by atoms with Crippen LogP contribution < -0.4 is 0 Å². The highest BCUT2D eigenvalue weighted by Gasteiger charge is 2.45. The fourth-order valence-corrected chi connectivity index (χ4v) is 5.14. The predicted octanol–water partition coefficient (Wildman–Crippen LogP) is 5.48. The summed E-state index contributed by atoms with van der Waals surface area (Å²) in [6.07, 6.45) is 0.895. The van der Waals surface area contributed by atoms with E-state index in [0.29, 0.717) is 6.42 Å². The molecule has 24 heavy (non-hydrogen) atoms. The molecule has 0 heterocycles. The highest BCUT2D eigenvalue weighted by Crippen LogP contribution is 2.42. The van der Waals surface area contributed by atoms with E-state index in [1.807, 2.05) is 0 Å². The van der Waals surface area contributed by atoms with Gasteiger partial charge in [-0.15, -0.1) is 0 Å². The maximum absolute atomic E-state index is 10.5. The van der Waals surface area contributed by atoms with Crippen LogP contribution in [-0.2, 0) is 8.85 Å². The van der Waals surface area contributed by atoms with Crippen LogP contribution in [0.5, 0.6) is 0 Å². The van der Waals surface area contributed by atoms with Gasteiger partial charge in [-0.05, 0) is 41.8 Å². The quantitative estimate of drug-likeness (QED) is 0.524. The Morgan fingerprint density at radius 3 is 1.71 bits per heavy atom. The van der Waals surface area contributed by atoms with E-state index < -0.39 is 22.7 Å². The van der Waals surface area contributed by atoms with Crippen LogP contribution in [-0.4, -0.2) is 40.1 Å². The minimum Gasteiger partial charge on any atom is -0.414 e. The van der Waals surface area contributed by atoms with Gasteiger partial charge in [0.05, 0.1) is 18.3 Å². The van der Waals surface area contributed by atoms with Gasteiger partial charge in [-0.25, -0.2) is 0 Å². The van der Waals surface area contributed by atoms with Crippen LogP contribution in [0.3, 0.4) is 0 Å². The second kappa shape index (κ2) is 6.99. The average Bonchev–Trinajstić information content (AvgIpc) is 2.31. The molecule has 0 spiro atoms. The van der Waals surface area contributed by atoms with E-state index in [0.717, 1.165) is 12.0 Å². The lowest BCUT2D eigenvalue weighted by Gasteiger charge is -2.46. The second-order valence-corrected chi connectivity index (χ2v) is 19.9. The Balaban J connectivity index is 2.91. The first-order valence-corrected chi connectivity index (χ1v) is 15.0. The summed E-state index contributed by atoms with van der Waals surface area (Å²) in [5.74, 6) is 0. The fourth-order valence-electron chi connectivity index (χ4n) is 2.45. The zero-order valence-electron chi connectivity index (χ0n) is 17.6. The molecule has 1 aliphatic carbocycles. The molecule has 0 aromatic rings. The van der Waals surface area contributed by atoms with Crippen molar-refractivity contribution in [1.82, 2.24) is 0 Å². The smallest absolute Gasteiger partial charge is 0.192 e. The van der Waals surface area contributed by atoms with Crippen LogP contribution in [0.1, 0.15) is 54.4 Å². The molecule has 1 fully saturated rings. The molecular weight excluding hydrogens is 332 g/mol. The van der Waals surface area contributed by atoms with Gasteiger partial charge < -0.3 is 14.0 Å². The Morgan fingerprint density at radius 1 is 0.875 bits per heavy atom. The van der Waals surface area contributed by atoms with Gasteiger partial charge in [0.1, 0.15) is 0 Å². The molecule has 1 N–H and O–H groups in total. The zero-order chi connectivity index (χ0) is 19.1. The molecule has 0 unspecified atom stereocenters. The average molecular weight is 373 g/mol. The molecule has 1 rings (SSSR count). The summed E-state index contributed by atoms with van der Waals surface area (Å²) in [5.41, 5.74) is 0.829. The van der Waals surface area contributed by atoms with E-state index in [2.05, 4.69) is 74.3 Å². The van der Waals surface area contributed by atoms with Gasteiger partial charge >= 0.3 is 0 Å². The minimum atomic E-state index is -1.90. The third-order valence-corrected chi connectivity index (χ3v) is 15.3. The van der Waals surface area contributed by atoms with Crippen molar-refractivity contribution < 1.29 is 14.0 Å². The minimum absolute atomic E-state index is 0.0566. The summed E-state index contributed by atoms with van der Waals surface area (Å²) in [6.45, 7) is 26.7. The fraction of sp³-hybridized carbons (Fsp3) is 0.895. The summed E-state index contributed by atoms with van der Waals surface area (Å²) >= 11 is 0. The number of aliphatic hydroxyl groups is 1. The van der Waals surface area contributed by atoms with Crippen molar-refractivity contribution in [3.63, 3.8) is 0 Å². The highest BCUT2D eigenvalue weighted by molar-refractivity contribution is 6.74. The predicted molar refractivity (Wildman–Crippen MR) is 109 cm³/mol. The largest absolute Gasteiger partial charge is 0.414 e. The Hall–Kier alpha value is 0.0538. The molecule has 0 saturated heterocycles. The van der Waals surface area contributed by atoms with Crippen LogP contribution >= 0.6 is 0 Å². The Kier molecular flexibility index (Phi) is 6.43. The van der Waals surface area contributed by atoms with Gasteiger partial charge in [-0.1, -0.05) is 48.1 Å². The second-order valence-electron chi connectivity index (χ2n) is 10.4. The Bertz CT molecular complexity index is 458. The third kappa shape index (κ3) is 5.04. The first-order chi connectivity index (χ1) is 10.5. The summed E-state index contributed by atoms with van der Waals surface area (Å²) < 4.78 is 13.1. The van der Waals surface area contributed by atoms with Gasteiger partial charge in [0, 0.05) is 12.8 Å². The van der Waals surface area contributed by atoms with Crippen molar-refractivity contribution in [1.29, 1.82) is 0 Å². The standard InChI is InChI=1S/C19H40O3Si2/c1-14-16(20)12-15(21-23(8,9)18(2,3)4)13-17(14)22-24(10,11)19(5,6)7/h15-17,20H,1,12-13H2,2-11H3/t15-,16+,17+/m1/s1. The molecule has 0 aromatic heterocycles. The number of rotatable bonds is 4. The molecule has 1 aliphatic rings. The maximum atomic E-state index is 10.5. The SMILES string of the molecule is C=C1[C@@H](O[Si](C)(C)C(C)(C)C)C[C@H](O[Si](C)(C)C(C)(C)C)C[C@@H]1O. The van der Waals surface area contributed by atoms with E-state index in [1.165, 1.54) is 0 Å². The van der Waals surface area contributed by atoms with Crippen molar-refractivity contribution in [2.75, 3.05) is 0 Å². The summed E-state index contributed by atoms with van der Waals surface area (Å²) in [6, 6.07) is 0. The van der Waals surface area contributed by atoms with Crippen molar-refractivity contribution in [3.8, 4) is 0 Å². The molecule has 5 heteroatoms. The first kappa shape index (κ1) is 22.1. The number of aliphatic hydroxyl groups excluding tert-OH is 1. The molecule has 0 aromatic carbocycles. The molecular formula is C19H40O3Si2. The van der Waals surface area contributed by atoms with Crippen molar-refractivity contribution in [2.45, 2.75) is 109 Å². The Labute approximate surface area is 152 Å². The maximum Gasteiger partial charge on any atom is 0.192 e. The van der Waals surface area contributed by atoms with Crippen LogP contribution in [0.15, 0.2) is 12.2 Å². The highest BCUT2D eigenvalue weighted by atomic mass is 28.4. The van der Waals surface area contributed by atoms with E-state index in [9.17, 15) is 5.11 Å². The molecule has 3 nitrogen and oxygen atoms in total. The molecule has 0 bridgehead atoms. The Morgan fingerprint density at radius 2 is 1.29 bits per heavy atom. The van der Waals surface area contributed by atoms with Crippen molar-refractivity contribution in [2.24, 2.45) is 0 Å². The van der Waals surface area contributed by atoms with E-state index in [4.69, 9.17) is 8.85 Å². The van der Waals surface area contributed by atoms with Crippen LogP contribution in [0.2, 0.25) is 36.3 Å². The van der Waals surface area contributed by atoms with Crippen molar-refractivity contribution in [3.05, 3.63) is 12.2 Å². The van der Waals surface area contributed by atoms with Gasteiger partial charge in [-0.2, -0.15) is 0 Å². The lowest BCUT2D eigenvalue weighted by Crippen LogP contribution is -2.51. The van der Waals surface area contributed by atoms with Crippen LogP contribution in [0.4, 0.5) is 0 Å². The van der Waals surface area contributed by atoms with Gasteiger partial charge in [-0.3, -0.25) is 0 Å². The lowest BCUT2D eigenvalue weighted by molar-refractivity contribution is 0.0269. The van der Waals surface area contributed by atoms with E-state index >= 15 is 0 Å². The number of hydrogen-bond acceptors (Lipinski definition) is 3. The monoisotopic (exact) mass is 372 g/mol. The van der Waals surface area contributed by atoms with Gasteiger partial charge in [0.2, 0.25) is 0 Å². The molecule has 1 saturated carbocycles. The van der Waals surface area contributed by atoms with Crippen LogP contribution in [0.25, 0.3) is 0 Å². The van der Waals surface area contributed by atoms with Gasteiger partial charge in [0.25, 0.3) is 0 Å². The number of hydrogen-bond donors (Lipinski definition) is 1. The van der Waals surface area contributed by atoms with E-state index in [-0.39, 0.29) is 22.3 Å². The summed E-state index contributed by atoms with van der Waals surface area (Å²) in [4.78, 5) is 0. The zero-order valence-corrected chi connectivity index (χ0v) is 19.6. The molecule has 0 radical (unpaired) electrons. The molecule has 0 amide bonds. The normalized spacial score (nSPS) is 27.5. The first-order valence-electron chi connectivity index (χ1n) is 9.20. The lowest BCUT2D eigenvalue weighted by atomic mass is 9.89. The molecule has 142 valence electrons. The molecule has 3 atom stereocenters.